The van der Waals surface area contributed by atoms with Gasteiger partial charge in [-0.25, -0.2) is 0 Å². The van der Waals surface area contributed by atoms with Crippen LogP contribution < -0.4 is 0 Å². The molecule has 39 heavy (non-hydrogen) atoms. The van der Waals surface area contributed by atoms with E-state index in [1.807, 2.05) is 6.08 Å². The molecule has 0 fully saturated rings. The lowest BCUT2D eigenvalue weighted by Crippen LogP contribution is -2.16. The van der Waals surface area contributed by atoms with Crippen molar-refractivity contribution in [1.29, 1.82) is 0 Å². The number of carbonyl (C=O) groups excluding carboxylic acids is 1. The van der Waals surface area contributed by atoms with E-state index in [2.05, 4.69) is 44.2 Å². The first kappa shape index (κ1) is 37.2. The molecule has 0 aromatic carbocycles. The smallest absolute Gasteiger partial charge is 0.306 e. The number of aliphatic carboxylic acids is 1. The van der Waals surface area contributed by atoms with Crippen molar-refractivity contribution in [2.45, 2.75) is 174 Å². The van der Waals surface area contributed by atoms with E-state index in [1.165, 1.54) is 77.0 Å². The average molecular weight is 547 g/mol. The van der Waals surface area contributed by atoms with Crippen LogP contribution in [0, 0.1) is 0 Å². The quantitative estimate of drug-likeness (QED) is 0.0575. The van der Waals surface area contributed by atoms with Crippen molar-refractivity contribution < 1.29 is 19.4 Å². The van der Waals surface area contributed by atoms with E-state index in [1.54, 1.807) is 0 Å². The molecule has 0 aliphatic carbocycles. The standard InChI is InChI=1S/C35H62O4/c1-3-5-7-9-11-13-14-15-16-17-18-20-22-28-32-35(38)39-33(30-26-23-24-27-31-34(36)37)29-25-21-19-12-10-8-6-4-2/h6,8,12,19,25,29,33H,3-5,7,9-11,13-18,20-24,26-28,30-32H2,1-2H3,(H,36,37)/b8-6-,19-12-,29-25-. The van der Waals surface area contributed by atoms with Crippen LogP contribution in [0.15, 0.2) is 36.5 Å². The number of ether oxygens (including phenoxy) is 1. The van der Waals surface area contributed by atoms with E-state index < -0.39 is 5.97 Å². The minimum Gasteiger partial charge on any atom is -0.481 e. The molecule has 0 aromatic rings. The van der Waals surface area contributed by atoms with Gasteiger partial charge in [0.15, 0.2) is 0 Å². The molecular weight excluding hydrogens is 484 g/mol. The second kappa shape index (κ2) is 30.7. The minimum absolute atomic E-state index is 0.0882. The fourth-order valence-electron chi connectivity index (χ4n) is 4.70. The topological polar surface area (TPSA) is 63.6 Å². The SMILES string of the molecule is CC/C=C\C/C=C\C/C=C\C(CCCCCCC(=O)O)OC(=O)CCCCCCCCCCCCCCCC. The maximum Gasteiger partial charge on any atom is 0.306 e. The van der Waals surface area contributed by atoms with Gasteiger partial charge in [-0.15, -0.1) is 0 Å². The lowest BCUT2D eigenvalue weighted by atomic mass is 10.0. The highest BCUT2D eigenvalue weighted by atomic mass is 16.5. The summed E-state index contributed by atoms with van der Waals surface area (Å²) in [4.78, 5) is 23.1. The molecule has 0 amide bonds. The predicted molar refractivity (Wildman–Crippen MR) is 167 cm³/mol. The van der Waals surface area contributed by atoms with Gasteiger partial charge >= 0.3 is 11.9 Å². The molecule has 0 heterocycles. The Balaban J connectivity index is 4.06. The Morgan fingerprint density at radius 1 is 0.590 bits per heavy atom. The fourth-order valence-corrected chi connectivity index (χ4v) is 4.70. The number of rotatable bonds is 29. The summed E-state index contributed by atoms with van der Waals surface area (Å²) in [6.07, 6.45) is 38.8. The van der Waals surface area contributed by atoms with Crippen molar-refractivity contribution >= 4 is 11.9 Å². The van der Waals surface area contributed by atoms with Gasteiger partial charge in [-0.2, -0.15) is 0 Å². The molecule has 1 N–H and O–H groups in total. The van der Waals surface area contributed by atoms with Crippen LogP contribution in [-0.2, 0) is 14.3 Å². The monoisotopic (exact) mass is 546 g/mol. The van der Waals surface area contributed by atoms with Gasteiger partial charge in [0, 0.05) is 12.8 Å². The molecule has 226 valence electrons. The molecule has 0 spiro atoms. The molecule has 1 atom stereocenters. The summed E-state index contributed by atoms with van der Waals surface area (Å²) in [6.45, 7) is 4.41. The van der Waals surface area contributed by atoms with Gasteiger partial charge in [0.2, 0.25) is 0 Å². The van der Waals surface area contributed by atoms with Crippen LogP contribution in [0.4, 0.5) is 0 Å². The van der Waals surface area contributed by atoms with Gasteiger partial charge in [-0.1, -0.05) is 141 Å². The van der Waals surface area contributed by atoms with E-state index in [-0.39, 0.29) is 18.5 Å². The Morgan fingerprint density at radius 3 is 1.59 bits per heavy atom. The second-order valence-electron chi connectivity index (χ2n) is 11.0. The van der Waals surface area contributed by atoms with E-state index >= 15 is 0 Å². The van der Waals surface area contributed by atoms with Crippen molar-refractivity contribution in [3.8, 4) is 0 Å². The van der Waals surface area contributed by atoms with E-state index in [0.717, 1.165) is 57.8 Å². The molecule has 0 bridgehead atoms. The van der Waals surface area contributed by atoms with Crippen LogP contribution in [0.3, 0.4) is 0 Å². The average Bonchev–Trinajstić information content (AvgIpc) is 2.91. The molecule has 4 nitrogen and oxygen atoms in total. The van der Waals surface area contributed by atoms with Crippen molar-refractivity contribution in [1.82, 2.24) is 0 Å². The summed E-state index contributed by atoms with van der Waals surface area (Å²) >= 11 is 0. The highest BCUT2D eigenvalue weighted by Gasteiger charge is 2.11. The van der Waals surface area contributed by atoms with Crippen LogP contribution in [-0.4, -0.2) is 23.1 Å². The molecular formula is C35H62O4. The molecule has 0 saturated heterocycles. The van der Waals surface area contributed by atoms with Crippen LogP contribution >= 0.6 is 0 Å². The summed E-state index contributed by atoms with van der Waals surface area (Å²) in [5, 5.41) is 8.78. The lowest BCUT2D eigenvalue weighted by Gasteiger charge is -2.14. The Labute approximate surface area is 241 Å². The van der Waals surface area contributed by atoms with Gasteiger partial charge in [-0.05, 0) is 51.0 Å². The third-order valence-corrected chi connectivity index (χ3v) is 7.11. The summed E-state index contributed by atoms with van der Waals surface area (Å²) < 4.78 is 5.81. The molecule has 0 saturated carbocycles. The highest BCUT2D eigenvalue weighted by molar-refractivity contribution is 5.69. The molecule has 0 aliphatic heterocycles. The first-order valence-electron chi connectivity index (χ1n) is 16.5. The first-order valence-corrected chi connectivity index (χ1v) is 16.5. The fraction of sp³-hybridized carbons (Fsp3) is 0.771. The van der Waals surface area contributed by atoms with Crippen LogP contribution in [0.2, 0.25) is 0 Å². The molecule has 0 radical (unpaired) electrons. The maximum atomic E-state index is 12.5. The number of carboxylic acids is 1. The van der Waals surface area contributed by atoms with E-state index in [4.69, 9.17) is 9.84 Å². The van der Waals surface area contributed by atoms with Crippen molar-refractivity contribution in [2.24, 2.45) is 0 Å². The summed E-state index contributed by atoms with van der Waals surface area (Å²) in [6, 6.07) is 0. The number of hydrogen-bond acceptors (Lipinski definition) is 3. The van der Waals surface area contributed by atoms with Gasteiger partial charge in [0.25, 0.3) is 0 Å². The molecule has 0 aliphatic rings. The molecule has 0 aromatic heterocycles. The van der Waals surface area contributed by atoms with Gasteiger partial charge < -0.3 is 9.84 Å². The summed E-state index contributed by atoms with van der Waals surface area (Å²) in [5.74, 6) is -0.818. The summed E-state index contributed by atoms with van der Waals surface area (Å²) in [7, 11) is 0. The minimum atomic E-state index is -0.730. The zero-order valence-corrected chi connectivity index (χ0v) is 25.7. The van der Waals surface area contributed by atoms with Crippen molar-refractivity contribution in [2.75, 3.05) is 0 Å². The lowest BCUT2D eigenvalue weighted by molar-refractivity contribution is -0.147. The Kier molecular flexibility index (Phi) is 29.2. The van der Waals surface area contributed by atoms with Gasteiger partial charge in [-0.3, -0.25) is 9.59 Å². The van der Waals surface area contributed by atoms with E-state index in [0.29, 0.717) is 12.8 Å². The van der Waals surface area contributed by atoms with Crippen LogP contribution in [0.25, 0.3) is 0 Å². The highest BCUT2D eigenvalue weighted by Crippen LogP contribution is 2.15. The zero-order chi connectivity index (χ0) is 28.7. The number of carbonyl (C=O) groups is 2. The third kappa shape index (κ3) is 30.6. The van der Waals surface area contributed by atoms with Crippen LogP contribution in [0.1, 0.15) is 168 Å². The Morgan fingerprint density at radius 2 is 1.05 bits per heavy atom. The van der Waals surface area contributed by atoms with Crippen molar-refractivity contribution in [3.63, 3.8) is 0 Å². The van der Waals surface area contributed by atoms with Gasteiger partial charge in [0.1, 0.15) is 6.10 Å². The normalized spacial score (nSPS) is 12.7. The number of allylic oxidation sites excluding steroid dienone is 5. The van der Waals surface area contributed by atoms with Crippen LogP contribution in [0.5, 0.6) is 0 Å². The molecule has 4 heteroatoms. The Hall–Kier alpha value is -1.84. The number of carboxylic acid groups (broad SMARTS) is 1. The predicted octanol–water partition coefficient (Wildman–Crippen LogP) is 11.1. The number of hydrogen-bond donors (Lipinski definition) is 1. The maximum absolute atomic E-state index is 12.5. The largest absolute Gasteiger partial charge is 0.481 e. The number of unbranched alkanes of at least 4 members (excludes halogenated alkanes) is 16. The molecule has 1 unspecified atom stereocenters. The second-order valence-corrected chi connectivity index (χ2v) is 11.0. The third-order valence-electron chi connectivity index (χ3n) is 7.11. The van der Waals surface area contributed by atoms with Crippen molar-refractivity contribution in [3.05, 3.63) is 36.5 Å². The Bertz CT molecular complexity index is 635. The first-order chi connectivity index (χ1) is 19.1. The van der Waals surface area contributed by atoms with Gasteiger partial charge in [0.05, 0.1) is 0 Å². The zero-order valence-electron chi connectivity index (χ0n) is 25.7. The number of esters is 1. The molecule has 0 rings (SSSR count). The summed E-state index contributed by atoms with van der Waals surface area (Å²) in [5.41, 5.74) is 0. The van der Waals surface area contributed by atoms with E-state index in [9.17, 15) is 9.59 Å².